The molecule has 3 nitrogen and oxygen atoms in total. The van der Waals surface area contributed by atoms with Crippen LogP contribution in [0.4, 0.5) is 26.3 Å². The van der Waals surface area contributed by atoms with Gasteiger partial charge in [0.1, 0.15) is 0 Å². The van der Waals surface area contributed by atoms with Crippen LogP contribution in [0.1, 0.15) is 17.5 Å². The normalized spacial score (nSPS) is 18.5. The average molecular weight is 483 g/mol. The predicted molar refractivity (Wildman–Crippen MR) is 105 cm³/mol. The fourth-order valence-corrected chi connectivity index (χ4v) is 5.74. The Hall–Kier alpha value is -1.72. The lowest BCUT2D eigenvalue weighted by molar-refractivity contribution is -0.137. The third-order valence-corrected chi connectivity index (χ3v) is 7.53. The van der Waals surface area contributed by atoms with Crippen LogP contribution in [-0.4, -0.2) is 37.7 Å². The van der Waals surface area contributed by atoms with E-state index in [1.54, 1.807) is 12.1 Å². The van der Waals surface area contributed by atoms with E-state index in [9.17, 15) is 34.8 Å². The molecule has 0 N–H and O–H groups in total. The van der Waals surface area contributed by atoms with E-state index in [1.165, 1.54) is 12.1 Å². The van der Waals surface area contributed by atoms with Crippen LogP contribution in [0, 0.1) is 5.92 Å². The zero-order valence-electron chi connectivity index (χ0n) is 16.1. The fraction of sp³-hybridized carbons (Fsp3) is 0.400. The molecule has 1 aliphatic rings. The van der Waals surface area contributed by atoms with Crippen molar-refractivity contribution in [2.75, 3.05) is 18.8 Å². The van der Waals surface area contributed by atoms with Crippen molar-refractivity contribution in [3.8, 4) is 0 Å². The summed E-state index contributed by atoms with van der Waals surface area (Å²) in [5, 5.41) is 0. The maximum absolute atomic E-state index is 12.9. The first-order valence-corrected chi connectivity index (χ1v) is 11.8. The van der Waals surface area contributed by atoms with Crippen molar-refractivity contribution in [1.29, 1.82) is 0 Å². The van der Waals surface area contributed by atoms with Gasteiger partial charge >= 0.3 is 11.7 Å². The van der Waals surface area contributed by atoms with E-state index in [0.717, 1.165) is 23.8 Å². The number of benzene rings is 2. The highest BCUT2D eigenvalue weighted by Crippen LogP contribution is 2.37. The van der Waals surface area contributed by atoms with Gasteiger partial charge in [-0.05, 0) is 66.5 Å². The molecule has 11 heteroatoms. The largest absolute Gasteiger partial charge is 0.446 e. The SMILES string of the molecule is O=S(=O)(C[C@@H]1CCN(Cc2ccc(SC(F)(F)F)cc2)C1)c1cccc(C(F)(F)F)c1. The van der Waals surface area contributed by atoms with Gasteiger partial charge in [0.15, 0.2) is 9.84 Å². The summed E-state index contributed by atoms with van der Waals surface area (Å²) < 4.78 is 101. The van der Waals surface area contributed by atoms with Crippen molar-refractivity contribution in [3.05, 3.63) is 59.7 Å². The monoisotopic (exact) mass is 483 g/mol. The molecule has 0 aliphatic carbocycles. The van der Waals surface area contributed by atoms with Crippen molar-refractivity contribution in [3.63, 3.8) is 0 Å². The number of hydrogen-bond acceptors (Lipinski definition) is 4. The minimum absolute atomic E-state index is 0.0859. The van der Waals surface area contributed by atoms with Crippen molar-refractivity contribution in [2.45, 2.75) is 34.4 Å². The molecular weight excluding hydrogens is 464 g/mol. The van der Waals surface area contributed by atoms with Crippen LogP contribution in [0.3, 0.4) is 0 Å². The molecule has 1 fully saturated rings. The lowest BCUT2D eigenvalue weighted by atomic mass is 10.2. The van der Waals surface area contributed by atoms with E-state index in [-0.39, 0.29) is 33.2 Å². The van der Waals surface area contributed by atoms with Gasteiger partial charge in [-0.25, -0.2) is 8.42 Å². The molecule has 0 unspecified atom stereocenters. The number of hydrogen-bond donors (Lipinski definition) is 0. The fourth-order valence-electron chi connectivity index (χ4n) is 3.52. The summed E-state index contributed by atoms with van der Waals surface area (Å²) in [5.41, 5.74) is -4.56. The second kappa shape index (κ2) is 9.03. The first-order valence-electron chi connectivity index (χ1n) is 9.29. The van der Waals surface area contributed by atoms with Gasteiger partial charge in [-0.2, -0.15) is 26.3 Å². The first kappa shape index (κ1) is 23.9. The van der Waals surface area contributed by atoms with E-state index in [4.69, 9.17) is 0 Å². The Morgan fingerprint density at radius 2 is 1.68 bits per heavy atom. The van der Waals surface area contributed by atoms with Gasteiger partial charge in [-0.1, -0.05) is 18.2 Å². The summed E-state index contributed by atoms with van der Waals surface area (Å²) in [6.07, 6.45) is -4.05. The van der Waals surface area contributed by atoms with E-state index in [1.807, 2.05) is 4.90 Å². The third-order valence-electron chi connectivity index (χ3n) is 4.91. The lowest BCUT2D eigenvalue weighted by Gasteiger charge is -2.17. The molecule has 170 valence electrons. The molecule has 1 saturated heterocycles. The quantitative estimate of drug-likeness (QED) is 0.395. The van der Waals surface area contributed by atoms with Crippen molar-refractivity contribution < 1.29 is 34.8 Å². The third kappa shape index (κ3) is 6.88. The highest BCUT2D eigenvalue weighted by atomic mass is 32.2. The van der Waals surface area contributed by atoms with Crippen LogP contribution in [0.2, 0.25) is 0 Å². The second-order valence-electron chi connectivity index (χ2n) is 7.39. The van der Waals surface area contributed by atoms with E-state index in [0.29, 0.717) is 32.1 Å². The van der Waals surface area contributed by atoms with Gasteiger partial charge < -0.3 is 0 Å². The summed E-state index contributed by atoms with van der Waals surface area (Å²) in [6, 6.07) is 9.70. The Labute approximate surface area is 180 Å². The number of rotatable bonds is 6. The highest BCUT2D eigenvalue weighted by Gasteiger charge is 2.33. The van der Waals surface area contributed by atoms with Crippen LogP contribution < -0.4 is 0 Å². The zero-order chi connectivity index (χ0) is 22.9. The van der Waals surface area contributed by atoms with Gasteiger partial charge in [-0.3, -0.25) is 4.90 Å². The molecule has 2 aromatic rings. The number of nitrogens with zero attached hydrogens (tertiary/aromatic N) is 1. The molecule has 0 radical (unpaired) electrons. The van der Waals surface area contributed by atoms with Crippen LogP contribution in [0.15, 0.2) is 58.3 Å². The van der Waals surface area contributed by atoms with Gasteiger partial charge in [0.25, 0.3) is 0 Å². The maximum atomic E-state index is 12.9. The Balaban J connectivity index is 1.59. The van der Waals surface area contributed by atoms with E-state index < -0.39 is 27.1 Å². The number of likely N-dealkylation sites (tertiary alicyclic amines) is 1. The lowest BCUT2D eigenvalue weighted by Crippen LogP contribution is -2.23. The topological polar surface area (TPSA) is 37.4 Å². The molecule has 2 aromatic carbocycles. The number of halogens is 6. The van der Waals surface area contributed by atoms with E-state index >= 15 is 0 Å². The summed E-state index contributed by atoms with van der Waals surface area (Å²) in [6.45, 7) is 1.50. The van der Waals surface area contributed by atoms with Crippen LogP contribution in [-0.2, 0) is 22.6 Å². The minimum atomic E-state index is -4.62. The number of alkyl halides is 6. The molecule has 0 spiro atoms. The summed E-state index contributed by atoms with van der Waals surface area (Å²) in [4.78, 5) is 1.72. The first-order chi connectivity index (χ1) is 14.3. The number of thioether (sulfide) groups is 1. The van der Waals surface area contributed by atoms with Gasteiger partial charge in [0, 0.05) is 18.0 Å². The second-order valence-corrected chi connectivity index (χ2v) is 10.6. The highest BCUT2D eigenvalue weighted by molar-refractivity contribution is 8.00. The molecule has 1 aliphatic heterocycles. The van der Waals surface area contributed by atoms with Crippen LogP contribution in [0.5, 0.6) is 0 Å². The minimum Gasteiger partial charge on any atom is -0.299 e. The molecule has 0 amide bonds. The van der Waals surface area contributed by atoms with Crippen molar-refractivity contribution >= 4 is 21.6 Å². The van der Waals surface area contributed by atoms with Gasteiger partial charge in [0.05, 0.1) is 16.2 Å². The molecular formula is C20H19F6NO2S2. The van der Waals surface area contributed by atoms with E-state index in [2.05, 4.69) is 0 Å². The Kier molecular flexibility index (Phi) is 6.97. The summed E-state index contributed by atoms with van der Waals surface area (Å²) >= 11 is -0.191. The molecule has 0 bridgehead atoms. The van der Waals surface area contributed by atoms with Crippen LogP contribution >= 0.6 is 11.8 Å². The van der Waals surface area contributed by atoms with Crippen molar-refractivity contribution in [1.82, 2.24) is 4.90 Å². The average Bonchev–Trinajstić information content (AvgIpc) is 3.08. The smallest absolute Gasteiger partial charge is 0.299 e. The molecule has 3 rings (SSSR count). The standard InChI is InChI=1S/C20H19F6NO2S2/c21-19(22,23)16-2-1-3-18(10-16)31(28,29)13-15-8-9-27(12-15)11-14-4-6-17(7-5-14)30-20(24,25)26/h1-7,10,15H,8-9,11-13H2/t15-/m1/s1. The Morgan fingerprint density at radius 3 is 2.29 bits per heavy atom. The predicted octanol–water partition coefficient (Wildman–Crippen LogP) is 5.61. The van der Waals surface area contributed by atoms with Gasteiger partial charge in [-0.15, -0.1) is 0 Å². The molecule has 1 heterocycles. The molecule has 0 saturated carbocycles. The molecule has 1 atom stereocenters. The number of sulfone groups is 1. The maximum Gasteiger partial charge on any atom is 0.446 e. The zero-order valence-corrected chi connectivity index (χ0v) is 17.7. The van der Waals surface area contributed by atoms with Crippen LogP contribution in [0.25, 0.3) is 0 Å². The summed E-state index contributed by atoms with van der Waals surface area (Å²) in [5.74, 6) is -0.494. The Bertz CT molecular complexity index is 1000. The molecule has 31 heavy (non-hydrogen) atoms. The summed E-state index contributed by atoms with van der Waals surface area (Å²) in [7, 11) is -3.88. The molecule has 0 aromatic heterocycles. The van der Waals surface area contributed by atoms with Crippen molar-refractivity contribution in [2.24, 2.45) is 5.92 Å². The Morgan fingerprint density at radius 1 is 1.00 bits per heavy atom. The van der Waals surface area contributed by atoms with Gasteiger partial charge in [0.2, 0.25) is 0 Å².